The van der Waals surface area contributed by atoms with Gasteiger partial charge in [0.25, 0.3) is 5.91 Å². The van der Waals surface area contributed by atoms with E-state index in [-0.39, 0.29) is 11.7 Å². The average molecular weight is 375 g/mol. The third-order valence-corrected chi connectivity index (χ3v) is 5.13. The van der Waals surface area contributed by atoms with Crippen molar-refractivity contribution in [3.63, 3.8) is 0 Å². The Labute approximate surface area is 163 Å². The zero-order valence-electron chi connectivity index (χ0n) is 15.1. The fraction of sp³-hybridized carbons (Fsp3) is 0.130. The van der Waals surface area contributed by atoms with Gasteiger partial charge in [0.2, 0.25) is 0 Å². The number of benzene rings is 3. The Balaban J connectivity index is 1.57. The zero-order chi connectivity index (χ0) is 19.1. The topological polar surface area (TPSA) is 46.2 Å². The van der Waals surface area contributed by atoms with Gasteiger partial charge in [0, 0.05) is 22.6 Å². The van der Waals surface area contributed by atoms with E-state index in [1.54, 1.807) is 6.07 Å². The van der Waals surface area contributed by atoms with Gasteiger partial charge < -0.3 is 5.32 Å². The minimum Gasteiger partial charge on any atom is -0.348 e. The van der Waals surface area contributed by atoms with E-state index in [4.69, 9.17) is 0 Å². The lowest BCUT2D eigenvalue weighted by molar-refractivity contribution is 0.0950. The molecule has 27 heavy (non-hydrogen) atoms. The van der Waals surface area contributed by atoms with Crippen LogP contribution in [0.25, 0.3) is 0 Å². The third kappa shape index (κ3) is 5.56. The largest absolute Gasteiger partial charge is 0.348 e. The van der Waals surface area contributed by atoms with Crippen molar-refractivity contribution in [2.24, 2.45) is 0 Å². The quantitative estimate of drug-likeness (QED) is 0.472. The minimum atomic E-state index is -0.118. The number of aryl methyl sites for hydroxylation is 1. The summed E-state index contributed by atoms with van der Waals surface area (Å²) in [6, 6.07) is 24.7. The summed E-state index contributed by atoms with van der Waals surface area (Å²) in [5.74, 6) is 0.306. The summed E-state index contributed by atoms with van der Waals surface area (Å²) in [5, 5.41) is 2.94. The van der Waals surface area contributed by atoms with Crippen LogP contribution in [0, 0.1) is 6.92 Å². The number of ketones is 1. The van der Waals surface area contributed by atoms with Crippen LogP contribution < -0.4 is 5.32 Å². The number of nitrogens with one attached hydrogen (secondary N) is 1. The molecule has 0 radical (unpaired) electrons. The molecule has 3 nitrogen and oxygen atoms in total. The molecule has 1 amide bonds. The van der Waals surface area contributed by atoms with Crippen LogP contribution >= 0.6 is 11.8 Å². The lowest BCUT2D eigenvalue weighted by atomic mass is 10.1. The van der Waals surface area contributed by atoms with E-state index in [0.717, 1.165) is 10.5 Å². The number of hydrogen-bond acceptors (Lipinski definition) is 3. The number of hydrogen-bond donors (Lipinski definition) is 1. The SMILES string of the molecule is Cc1ccc(CNC(=O)c2cccc(SCC(=O)c3ccccc3)c2)cc1. The second-order valence-corrected chi connectivity index (χ2v) is 7.32. The second-order valence-electron chi connectivity index (χ2n) is 6.27. The predicted molar refractivity (Wildman–Crippen MR) is 110 cm³/mol. The maximum Gasteiger partial charge on any atom is 0.251 e. The van der Waals surface area contributed by atoms with E-state index in [1.165, 1.54) is 17.3 Å². The molecule has 0 aliphatic rings. The molecule has 3 aromatic rings. The number of rotatable bonds is 7. The molecule has 0 unspecified atom stereocenters. The van der Waals surface area contributed by atoms with Gasteiger partial charge in [-0.2, -0.15) is 0 Å². The van der Waals surface area contributed by atoms with Gasteiger partial charge in [-0.15, -0.1) is 11.8 Å². The Morgan fingerprint density at radius 1 is 0.852 bits per heavy atom. The van der Waals surface area contributed by atoms with Crippen LogP contribution in [0.1, 0.15) is 31.8 Å². The van der Waals surface area contributed by atoms with Crippen LogP contribution in [0.2, 0.25) is 0 Å². The Bertz CT molecular complexity index is 921. The molecule has 0 saturated heterocycles. The van der Waals surface area contributed by atoms with Gasteiger partial charge in [0.05, 0.1) is 5.75 Å². The van der Waals surface area contributed by atoms with Crippen molar-refractivity contribution in [2.75, 3.05) is 5.75 Å². The molecule has 136 valence electrons. The lowest BCUT2D eigenvalue weighted by Gasteiger charge is -2.07. The van der Waals surface area contributed by atoms with E-state index in [2.05, 4.69) is 5.32 Å². The van der Waals surface area contributed by atoms with Crippen molar-refractivity contribution in [3.05, 3.63) is 101 Å². The molecule has 0 aliphatic heterocycles. The number of carbonyl (C=O) groups is 2. The van der Waals surface area contributed by atoms with E-state index in [1.807, 2.05) is 79.7 Å². The molecule has 0 bridgehead atoms. The number of Topliss-reactive ketones (excluding diaryl/α,β-unsaturated/α-hetero) is 1. The maximum absolute atomic E-state index is 12.4. The summed E-state index contributed by atoms with van der Waals surface area (Å²) in [7, 11) is 0. The number of amides is 1. The zero-order valence-corrected chi connectivity index (χ0v) is 16.0. The first-order chi connectivity index (χ1) is 13.1. The summed E-state index contributed by atoms with van der Waals surface area (Å²) in [6.45, 7) is 2.52. The van der Waals surface area contributed by atoms with E-state index >= 15 is 0 Å². The standard InChI is InChI=1S/C23H21NO2S/c1-17-10-12-18(13-11-17)15-24-23(26)20-8-5-9-21(14-20)27-16-22(25)19-6-3-2-4-7-19/h2-14H,15-16H2,1H3,(H,24,26). The van der Waals surface area contributed by atoms with Crippen molar-refractivity contribution in [1.29, 1.82) is 0 Å². The van der Waals surface area contributed by atoms with Crippen LogP contribution in [0.4, 0.5) is 0 Å². The molecule has 4 heteroatoms. The molecular formula is C23H21NO2S. The van der Waals surface area contributed by atoms with Gasteiger partial charge in [-0.05, 0) is 30.7 Å². The van der Waals surface area contributed by atoms with Crippen LogP contribution in [-0.4, -0.2) is 17.4 Å². The fourth-order valence-corrected chi connectivity index (χ4v) is 3.42. The van der Waals surface area contributed by atoms with Gasteiger partial charge in [0.15, 0.2) is 5.78 Å². The van der Waals surface area contributed by atoms with E-state index < -0.39 is 0 Å². The van der Waals surface area contributed by atoms with Crippen molar-refractivity contribution >= 4 is 23.5 Å². The molecule has 0 aromatic heterocycles. The smallest absolute Gasteiger partial charge is 0.251 e. The van der Waals surface area contributed by atoms with Crippen LogP contribution in [-0.2, 0) is 6.54 Å². The normalized spacial score (nSPS) is 10.4. The Hall–Kier alpha value is -2.85. The highest BCUT2D eigenvalue weighted by atomic mass is 32.2. The first-order valence-corrected chi connectivity index (χ1v) is 9.75. The summed E-state index contributed by atoms with van der Waals surface area (Å²) in [6.07, 6.45) is 0. The van der Waals surface area contributed by atoms with Crippen LogP contribution in [0.5, 0.6) is 0 Å². The molecule has 3 rings (SSSR count). The third-order valence-electron chi connectivity index (χ3n) is 4.14. The van der Waals surface area contributed by atoms with E-state index in [9.17, 15) is 9.59 Å². The Kier molecular flexibility index (Phi) is 6.44. The van der Waals surface area contributed by atoms with E-state index in [0.29, 0.717) is 23.4 Å². The maximum atomic E-state index is 12.4. The molecular weight excluding hydrogens is 354 g/mol. The number of carbonyl (C=O) groups excluding carboxylic acids is 2. The highest BCUT2D eigenvalue weighted by Gasteiger charge is 2.09. The monoisotopic (exact) mass is 375 g/mol. The summed E-state index contributed by atoms with van der Waals surface area (Å²) in [5.41, 5.74) is 3.56. The minimum absolute atomic E-state index is 0.0785. The molecule has 0 saturated carbocycles. The highest BCUT2D eigenvalue weighted by Crippen LogP contribution is 2.20. The molecule has 3 aromatic carbocycles. The van der Waals surface area contributed by atoms with Crippen LogP contribution in [0.3, 0.4) is 0 Å². The van der Waals surface area contributed by atoms with Gasteiger partial charge in [-0.3, -0.25) is 9.59 Å². The van der Waals surface area contributed by atoms with Gasteiger partial charge in [-0.25, -0.2) is 0 Å². The van der Waals surface area contributed by atoms with Gasteiger partial charge in [-0.1, -0.05) is 66.2 Å². The highest BCUT2D eigenvalue weighted by molar-refractivity contribution is 8.00. The van der Waals surface area contributed by atoms with Crippen LogP contribution in [0.15, 0.2) is 83.8 Å². The fourth-order valence-electron chi connectivity index (χ4n) is 2.57. The van der Waals surface area contributed by atoms with Gasteiger partial charge >= 0.3 is 0 Å². The summed E-state index contributed by atoms with van der Waals surface area (Å²) in [4.78, 5) is 25.5. The summed E-state index contributed by atoms with van der Waals surface area (Å²) >= 11 is 1.44. The Morgan fingerprint density at radius 3 is 2.30 bits per heavy atom. The first kappa shape index (κ1) is 18.9. The average Bonchev–Trinajstić information content (AvgIpc) is 2.72. The molecule has 0 fully saturated rings. The summed E-state index contributed by atoms with van der Waals surface area (Å²) < 4.78 is 0. The molecule has 0 spiro atoms. The van der Waals surface area contributed by atoms with Gasteiger partial charge in [0.1, 0.15) is 0 Å². The second kappa shape index (κ2) is 9.19. The van der Waals surface area contributed by atoms with Crippen molar-refractivity contribution in [3.8, 4) is 0 Å². The van der Waals surface area contributed by atoms with Crippen molar-refractivity contribution in [1.82, 2.24) is 5.32 Å². The van der Waals surface area contributed by atoms with Crippen molar-refractivity contribution < 1.29 is 9.59 Å². The molecule has 0 heterocycles. The molecule has 1 N–H and O–H groups in total. The van der Waals surface area contributed by atoms with Crippen molar-refractivity contribution in [2.45, 2.75) is 18.4 Å². The number of thioether (sulfide) groups is 1. The lowest BCUT2D eigenvalue weighted by Crippen LogP contribution is -2.22. The first-order valence-electron chi connectivity index (χ1n) is 8.77. The predicted octanol–water partition coefficient (Wildman–Crippen LogP) is 4.90. The molecule has 0 atom stereocenters. The molecule has 0 aliphatic carbocycles. The Morgan fingerprint density at radius 2 is 1.56 bits per heavy atom.